The fourth-order valence-electron chi connectivity index (χ4n) is 1.34. The van der Waals surface area contributed by atoms with E-state index in [1.807, 2.05) is 0 Å². The number of hydrogen-bond acceptors (Lipinski definition) is 1. The molecule has 13 heavy (non-hydrogen) atoms. The van der Waals surface area contributed by atoms with Gasteiger partial charge in [0.05, 0.1) is 0 Å². The number of aliphatic hydroxyl groups is 1. The smallest absolute Gasteiger partial charge is 0.141 e. The Labute approximate surface area is 75.0 Å². The molecule has 0 saturated heterocycles. The molecule has 3 heteroatoms. The normalized spacial score (nSPS) is 21.2. The van der Waals surface area contributed by atoms with Crippen LogP contribution in [0.4, 0.5) is 8.78 Å². The first-order valence-electron chi connectivity index (χ1n) is 4.24. The lowest BCUT2D eigenvalue weighted by molar-refractivity contribution is 0.0607. The average Bonchev–Trinajstić information content (AvgIpc) is 2.85. The molecular weight excluding hydrogens is 174 g/mol. The summed E-state index contributed by atoms with van der Waals surface area (Å²) in [6, 6.07) is 5.29. The first-order chi connectivity index (χ1) is 6.12. The number of hydrogen-bond donors (Lipinski definition) is 1. The fourth-order valence-corrected chi connectivity index (χ4v) is 1.34. The minimum Gasteiger partial charge on any atom is -0.385 e. The van der Waals surface area contributed by atoms with E-state index in [1.54, 1.807) is 0 Å². The standard InChI is InChI=1S/C10H10F2O/c11-8-3-1-7(2-4-8)9(13)10(12)5-6-10/h1-4,9,13H,5-6H2. The lowest BCUT2D eigenvalue weighted by Crippen LogP contribution is -2.14. The third kappa shape index (κ3) is 1.56. The van der Waals surface area contributed by atoms with Crippen molar-refractivity contribution in [2.45, 2.75) is 24.6 Å². The zero-order valence-electron chi connectivity index (χ0n) is 7.00. The molecule has 0 heterocycles. The minimum atomic E-state index is -1.46. The Morgan fingerprint density at radius 3 is 2.23 bits per heavy atom. The summed E-state index contributed by atoms with van der Waals surface area (Å²) in [5.41, 5.74) is -1.01. The highest BCUT2D eigenvalue weighted by molar-refractivity contribution is 5.23. The average molecular weight is 184 g/mol. The maximum atomic E-state index is 13.3. The summed E-state index contributed by atoms with van der Waals surface area (Å²) >= 11 is 0. The van der Waals surface area contributed by atoms with Gasteiger partial charge in [-0.1, -0.05) is 12.1 Å². The molecule has 1 aliphatic rings. The lowest BCUT2D eigenvalue weighted by Gasteiger charge is -2.14. The molecular formula is C10H10F2O. The fraction of sp³-hybridized carbons (Fsp3) is 0.400. The van der Waals surface area contributed by atoms with Crippen LogP contribution in [0.1, 0.15) is 24.5 Å². The molecule has 1 unspecified atom stereocenters. The van der Waals surface area contributed by atoms with Crippen LogP contribution in [0.25, 0.3) is 0 Å². The molecule has 2 rings (SSSR count). The molecule has 0 spiro atoms. The van der Waals surface area contributed by atoms with Crippen LogP contribution in [0, 0.1) is 5.82 Å². The highest BCUT2D eigenvalue weighted by Crippen LogP contribution is 2.49. The highest BCUT2D eigenvalue weighted by Gasteiger charge is 2.50. The molecule has 1 atom stereocenters. The van der Waals surface area contributed by atoms with E-state index in [0.717, 1.165) is 0 Å². The van der Waals surface area contributed by atoms with Crippen molar-refractivity contribution in [2.24, 2.45) is 0 Å². The third-order valence-corrected chi connectivity index (χ3v) is 2.40. The van der Waals surface area contributed by atoms with Crippen molar-refractivity contribution in [1.29, 1.82) is 0 Å². The molecule has 1 nitrogen and oxygen atoms in total. The summed E-state index contributed by atoms with van der Waals surface area (Å²) in [6.45, 7) is 0. The van der Waals surface area contributed by atoms with Crippen molar-refractivity contribution in [3.8, 4) is 0 Å². The summed E-state index contributed by atoms with van der Waals surface area (Å²) < 4.78 is 25.8. The first kappa shape index (κ1) is 8.63. The van der Waals surface area contributed by atoms with E-state index in [9.17, 15) is 13.9 Å². The summed E-state index contributed by atoms with van der Waals surface area (Å²) in [5, 5.41) is 9.51. The Balaban J connectivity index is 2.20. The summed E-state index contributed by atoms with van der Waals surface area (Å²) in [5.74, 6) is -0.375. The largest absolute Gasteiger partial charge is 0.385 e. The Morgan fingerprint density at radius 2 is 1.77 bits per heavy atom. The molecule has 70 valence electrons. The zero-order valence-corrected chi connectivity index (χ0v) is 7.00. The zero-order chi connectivity index (χ0) is 9.47. The maximum Gasteiger partial charge on any atom is 0.141 e. The molecule has 1 fully saturated rings. The van der Waals surface area contributed by atoms with Crippen molar-refractivity contribution in [3.05, 3.63) is 35.6 Å². The second kappa shape index (κ2) is 2.77. The molecule has 0 amide bonds. The van der Waals surface area contributed by atoms with Gasteiger partial charge in [0.1, 0.15) is 17.6 Å². The van der Waals surface area contributed by atoms with E-state index in [4.69, 9.17) is 0 Å². The lowest BCUT2D eigenvalue weighted by atomic mass is 10.0. The second-order valence-electron chi connectivity index (χ2n) is 3.49. The Hall–Kier alpha value is -0.960. The van der Waals surface area contributed by atoms with Gasteiger partial charge in [0, 0.05) is 0 Å². The first-order valence-corrected chi connectivity index (χ1v) is 4.24. The van der Waals surface area contributed by atoms with Gasteiger partial charge < -0.3 is 5.11 Å². The molecule has 1 aliphatic carbocycles. The van der Waals surface area contributed by atoms with Gasteiger partial charge in [-0.05, 0) is 30.5 Å². The van der Waals surface area contributed by atoms with Crippen LogP contribution in [0.15, 0.2) is 24.3 Å². The van der Waals surface area contributed by atoms with E-state index < -0.39 is 11.8 Å². The Kier molecular flexibility index (Phi) is 1.84. The van der Waals surface area contributed by atoms with Gasteiger partial charge in [-0.3, -0.25) is 0 Å². The van der Waals surface area contributed by atoms with Crippen LogP contribution in [-0.4, -0.2) is 10.8 Å². The molecule has 0 aromatic heterocycles. The van der Waals surface area contributed by atoms with Crippen LogP contribution < -0.4 is 0 Å². The minimum absolute atomic E-state index is 0.375. The predicted molar refractivity (Wildman–Crippen MR) is 44.4 cm³/mol. The van der Waals surface area contributed by atoms with Crippen molar-refractivity contribution < 1.29 is 13.9 Å². The van der Waals surface area contributed by atoms with Crippen molar-refractivity contribution in [1.82, 2.24) is 0 Å². The monoisotopic (exact) mass is 184 g/mol. The second-order valence-corrected chi connectivity index (χ2v) is 3.49. The molecule has 0 bridgehead atoms. The highest BCUT2D eigenvalue weighted by atomic mass is 19.1. The van der Waals surface area contributed by atoms with Gasteiger partial charge in [-0.25, -0.2) is 8.78 Å². The summed E-state index contributed by atoms with van der Waals surface area (Å²) in [4.78, 5) is 0. The van der Waals surface area contributed by atoms with E-state index in [-0.39, 0.29) is 5.82 Å². The Bertz CT molecular complexity index is 303. The molecule has 1 N–H and O–H groups in total. The molecule has 1 aromatic rings. The van der Waals surface area contributed by atoms with Gasteiger partial charge in [0.15, 0.2) is 0 Å². The number of aliphatic hydroxyl groups excluding tert-OH is 1. The number of rotatable bonds is 2. The predicted octanol–water partition coefficient (Wildman–Crippen LogP) is 2.36. The van der Waals surface area contributed by atoms with Gasteiger partial charge in [-0.2, -0.15) is 0 Å². The van der Waals surface area contributed by atoms with Crippen LogP contribution >= 0.6 is 0 Å². The third-order valence-electron chi connectivity index (χ3n) is 2.40. The summed E-state index contributed by atoms with van der Waals surface area (Å²) in [6.07, 6.45) is -0.315. The quantitative estimate of drug-likeness (QED) is 0.748. The number of alkyl halides is 1. The van der Waals surface area contributed by atoms with E-state index in [2.05, 4.69) is 0 Å². The SMILES string of the molecule is OC(c1ccc(F)cc1)C1(F)CC1. The van der Waals surface area contributed by atoms with Crippen LogP contribution in [0.3, 0.4) is 0 Å². The van der Waals surface area contributed by atoms with E-state index >= 15 is 0 Å². The summed E-state index contributed by atoms with van der Waals surface area (Å²) in [7, 11) is 0. The molecule has 1 aromatic carbocycles. The van der Waals surface area contributed by atoms with Crippen molar-refractivity contribution in [2.75, 3.05) is 0 Å². The molecule has 0 aliphatic heterocycles. The molecule has 0 radical (unpaired) electrons. The van der Waals surface area contributed by atoms with Gasteiger partial charge >= 0.3 is 0 Å². The van der Waals surface area contributed by atoms with Crippen LogP contribution in [-0.2, 0) is 0 Å². The van der Waals surface area contributed by atoms with Gasteiger partial charge in [0.2, 0.25) is 0 Å². The topological polar surface area (TPSA) is 20.2 Å². The molecule has 1 saturated carbocycles. The van der Waals surface area contributed by atoms with Crippen LogP contribution in [0.2, 0.25) is 0 Å². The Morgan fingerprint density at radius 1 is 1.23 bits per heavy atom. The van der Waals surface area contributed by atoms with E-state index in [0.29, 0.717) is 18.4 Å². The van der Waals surface area contributed by atoms with Gasteiger partial charge in [0.25, 0.3) is 0 Å². The number of benzene rings is 1. The van der Waals surface area contributed by atoms with Crippen molar-refractivity contribution in [3.63, 3.8) is 0 Å². The van der Waals surface area contributed by atoms with Crippen molar-refractivity contribution >= 4 is 0 Å². The van der Waals surface area contributed by atoms with Gasteiger partial charge in [-0.15, -0.1) is 0 Å². The number of halogens is 2. The van der Waals surface area contributed by atoms with Crippen LogP contribution in [0.5, 0.6) is 0 Å². The maximum absolute atomic E-state index is 13.3. The van der Waals surface area contributed by atoms with E-state index in [1.165, 1.54) is 24.3 Å².